The van der Waals surface area contributed by atoms with Gasteiger partial charge < -0.3 is 0 Å². The van der Waals surface area contributed by atoms with Crippen molar-refractivity contribution in [2.75, 3.05) is 19.6 Å². The van der Waals surface area contributed by atoms with Gasteiger partial charge in [-0.2, -0.15) is 0 Å². The molecule has 0 radical (unpaired) electrons. The number of sulfonamides is 1. The zero-order chi connectivity index (χ0) is 18.6. The zero-order valence-corrected chi connectivity index (χ0v) is 16.4. The normalized spacial score (nSPS) is 16.9. The van der Waals surface area contributed by atoms with Crippen molar-refractivity contribution in [3.63, 3.8) is 0 Å². The summed E-state index contributed by atoms with van der Waals surface area (Å²) < 4.78 is 28.3. The lowest BCUT2D eigenvalue weighted by atomic mass is 10.0. The molecular weight excluding hydrogens is 344 g/mol. The van der Waals surface area contributed by atoms with Gasteiger partial charge in [0.15, 0.2) is 0 Å². The Hall–Kier alpha value is -1.69. The van der Waals surface area contributed by atoms with Crippen molar-refractivity contribution >= 4 is 10.0 Å². The molecule has 0 unspecified atom stereocenters. The van der Waals surface area contributed by atoms with Crippen LogP contribution < -0.4 is 4.72 Å². The van der Waals surface area contributed by atoms with Crippen molar-refractivity contribution in [1.82, 2.24) is 9.62 Å². The van der Waals surface area contributed by atoms with Crippen LogP contribution in [0.4, 0.5) is 0 Å². The molecule has 1 N–H and O–H groups in total. The van der Waals surface area contributed by atoms with Crippen LogP contribution in [0.25, 0.3) is 0 Å². The molecule has 1 heterocycles. The van der Waals surface area contributed by atoms with Gasteiger partial charge in [-0.3, -0.25) is 4.90 Å². The third kappa shape index (κ3) is 4.53. The summed E-state index contributed by atoms with van der Waals surface area (Å²) >= 11 is 0. The van der Waals surface area contributed by atoms with E-state index in [1.807, 2.05) is 30.3 Å². The minimum Gasteiger partial charge on any atom is -0.295 e. The molecule has 1 atom stereocenters. The van der Waals surface area contributed by atoms with Gasteiger partial charge >= 0.3 is 0 Å². The minimum absolute atomic E-state index is 0.0726. The Labute approximate surface area is 157 Å². The monoisotopic (exact) mass is 372 g/mol. The molecule has 3 rings (SSSR count). The molecule has 2 aromatic rings. The van der Waals surface area contributed by atoms with Gasteiger partial charge in [-0.1, -0.05) is 56.3 Å². The van der Waals surface area contributed by atoms with E-state index in [4.69, 9.17) is 0 Å². The molecule has 26 heavy (non-hydrogen) atoms. The molecule has 0 amide bonds. The number of rotatable bonds is 7. The van der Waals surface area contributed by atoms with E-state index in [1.54, 1.807) is 12.1 Å². The van der Waals surface area contributed by atoms with Gasteiger partial charge in [-0.15, -0.1) is 0 Å². The predicted octanol–water partition coefficient (Wildman–Crippen LogP) is 3.93. The number of benzene rings is 2. The quantitative estimate of drug-likeness (QED) is 0.801. The summed E-state index contributed by atoms with van der Waals surface area (Å²) in [7, 11) is -3.51. The molecule has 2 aromatic carbocycles. The number of nitrogens with zero attached hydrogens (tertiary/aromatic N) is 1. The van der Waals surface area contributed by atoms with Crippen LogP contribution >= 0.6 is 0 Å². The molecule has 1 saturated heterocycles. The molecule has 140 valence electrons. The number of hydrogen-bond donors (Lipinski definition) is 1. The second kappa shape index (κ2) is 8.33. The van der Waals surface area contributed by atoms with Crippen molar-refractivity contribution in [3.05, 3.63) is 65.7 Å². The first-order valence-electron chi connectivity index (χ1n) is 9.36. The Morgan fingerprint density at radius 1 is 0.923 bits per heavy atom. The van der Waals surface area contributed by atoms with Gasteiger partial charge in [-0.25, -0.2) is 13.1 Å². The van der Waals surface area contributed by atoms with Crippen LogP contribution in [0.2, 0.25) is 0 Å². The lowest BCUT2D eigenvalue weighted by Gasteiger charge is -2.28. The molecule has 0 aromatic heterocycles. The van der Waals surface area contributed by atoms with Crippen molar-refractivity contribution < 1.29 is 8.42 Å². The average Bonchev–Trinajstić information content (AvgIpc) is 3.17. The largest absolute Gasteiger partial charge is 0.295 e. The van der Waals surface area contributed by atoms with Crippen molar-refractivity contribution in [2.24, 2.45) is 0 Å². The highest BCUT2D eigenvalue weighted by molar-refractivity contribution is 7.89. The van der Waals surface area contributed by atoms with E-state index in [1.165, 1.54) is 12.8 Å². The lowest BCUT2D eigenvalue weighted by molar-refractivity contribution is 0.246. The van der Waals surface area contributed by atoms with Gasteiger partial charge in [0.05, 0.1) is 4.90 Å². The SMILES string of the molecule is CC(C)c1ccc(S(=O)(=O)NC[C@@H](c2ccccc2)N2CCCC2)cc1. The maximum Gasteiger partial charge on any atom is 0.240 e. The second-order valence-electron chi connectivity index (χ2n) is 7.25. The number of hydrogen-bond acceptors (Lipinski definition) is 3. The van der Waals surface area contributed by atoms with E-state index in [2.05, 4.69) is 35.6 Å². The molecule has 1 fully saturated rings. The first kappa shape index (κ1) is 19.1. The Morgan fingerprint density at radius 3 is 2.12 bits per heavy atom. The summed E-state index contributed by atoms with van der Waals surface area (Å²) in [6, 6.07) is 17.4. The molecule has 4 nitrogen and oxygen atoms in total. The van der Waals surface area contributed by atoms with E-state index in [0.717, 1.165) is 24.2 Å². The average molecular weight is 373 g/mol. The zero-order valence-electron chi connectivity index (χ0n) is 15.6. The van der Waals surface area contributed by atoms with Crippen molar-refractivity contribution in [2.45, 2.75) is 43.5 Å². The minimum atomic E-state index is -3.51. The Morgan fingerprint density at radius 2 is 1.54 bits per heavy atom. The smallest absolute Gasteiger partial charge is 0.240 e. The van der Waals surface area contributed by atoms with Gasteiger partial charge in [0, 0.05) is 12.6 Å². The van der Waals surface area contributed by atoms with Gasteiger partial charge in [0.25, 0.3) is 0 Å². The first-order chi connectivity index (χ1) is 12.5. The third-order valence-electron chi connectivity index (χ3n) is 5.09. The van der Waals surface area contributed by atoms with Gasteiger partial charge in [-0.05, 0) is 55.1 Å². The van der Waals surface area contributed by atoms with E-state index in [9.17, 15) is 8.42 Å². The van der Waals surface area contributed by atoms with E-state index in [-0.39, 0.29) is 6.04 Å². The van der Waals surface area contributed by atoms with E-state index in [0.29, 0.717) is 17.4 Å². The maximum atomic E-state index is 12.7. The predicted molar refractivity (Wildman–Crippen MR) is 106 cm³/mol. The molecule has 0 bridgehead atoms. The summed E-state index contributed by atoms with van der Waals surface area (Å²) in [6.07, 6.45) is 2.35. The fourth-order valence-corrected chi connectivity index (χ4v) is 4.53. The molecule has 0 saturated carbocycles. The molecule has 0 spiro atoms. The molecule has 5 heteroatoms. The summed E-state index contributed by atoms with van der Waals surface area (Å²) in [4.78, 5) is 2.70. The summed E-state index contributed by atoms with van der Waals surface area (Å²) in [5, 5.41) is 0. The number of nitrogens with one attached hydrogen (secondary N) is 1. The fourth-order valence-electron chi connectivity index (χ4n) is 3.49. The van der Waals surface area contributed by atoms with Crippen LogP contribution in [0.15, 0.2) is 59.5 Å². The molecule has 0 aliphatic carbocycles. The Balaban J connectivity index is 1.75. The standard InChI is InChI=1S/C21H28N2O2S/c1-17(2)18-10-12-20(13-11-18)26(24,25)22-16-21(23-14-6-7-15-23)19-8-4-3-5-9-19/h3-5,8-13,17,21-22H,6-7,14-16H2,1-2H3/t21-/m0/s1. The molecule has 1 aliphatic rings. The van der Waals surface area contributed by atoms with Crippen LogP contribution in [-0.4, -0.2) is 33.0 Å². The lowest BCUT2D eigenvalue weighted by Crippen LogP contribution is -2.36. The maximum absolute atomic E-state index is 12.7. The first-order valence-corrected chi connectivity index (χ1v) is 10.8. The third-order valence-corrected chi connectivity index (χ3v) is 6.53. The van der Waals surface area contributed by atoms with Crippen LogP contribution in [0.3, 0.4) is 0 Å². The van der Waals surface area contributed by atoms with E-state index >= 15 is 0 Å². The molecular formula is C21H28N2O2S. The molecule has 1 aliphatic heterocycles. The second-order valence-corrected chi connectivity index (χ2v) is 9.01. The highest BCUT2D eigenvalue weighted by Gasteiger charge is 2.25. The number of likely N-dealkylation sites (tertiary alicyclic amines) is 1. The summed E-state index contributed by atoms with van der Waals surface area (Å²) in [5.74, 6) is 0.386. The van der Waals surface area contributed by atoms with Gasteiger partial charge in [0.2, 0.25) is 10.0 Å². The van der Waals surface area contributed by atoms with Gasteiger partial charge in [0.1, 0.15) is 0 Å². The Bertz CT molecular complexity index is 796. The van der Waals surface area contributed by atoms with Crippen LogP contribution in [0.5, 0.6) is 0 Å². The fraction of sp³-hybridized carbons (Fsp3) is 0.429. The van der Waals surface area contributed by atoms with Crippen molar-refractivity contribution in [3.8, 4) is 0 Å². The van der Waals surface area contributed by atoms with Crippen molar-refractivity contribution in [1.29, 1.82) is 0 Å². The van der Waals surface area contributed by atoms with Crippen LogP contribution in [0, 0.1) is 0 Å². The summed E-state index contributed by atoms with van der Waals surface area (Å²) in [5.41, 5.74) is 2.30. The highest BCUT2D eigenvalue weighted by atomic mass is 32.2. The highest BCUT2D eigenvalue weighted by Crippen LogP contribution is 2.25. The van der Waals surface area contributed by atoms with Crippen LogP contribution in [0.1, 0.15) is 49.8 Å². The van der Waals surface area contributed by atoms with Crippen LogP contribution in [-0.2, 0) is 10.0 Å². The topological polar surface area (TPSA) is 49.4 Å². The van der Waals surface area contributed by atoms with E-state index < -0.39 is 10.0 Å². The summed E-state index contributed by atoms with van der Waals surface area (Å²) in [6.45, 7) is 6.62. The Kier molecular flexibility index (Phi) is 6.12.